The lowest BCUT2D eigenvalue weighted by Crippen LogP contribution is -2.51. The lowest BCUT2D eigenvalue weighted by atomic mass is 10.0. The maximum Gasteiger partial charge on any atom is 0.407 e. The van der Waals surface area contributed by atoms with Crippen molar-refractivity contribution in [1.29, 1.82) is 0 Å². The minimum absolute atomic E-state index is 0.118. The summed E-state index contributed by atoms with van der Waals surface area (Å²) in [7, 11) is 1.28. The molecule has 2 aromatic heterocycles. The monoisotopic (exact) mass is 872 g/mol. The molecule has 2 aliphatic heterocycles. The smallest absolute Gasteiger partial charge is 0.407 e. The summed E-state index contributed by atoms with van der Waals surface area (Å²) in [6.07, 6.45) is 3.96. The van der Waals surface area contributed by atoms with Gasteiger partial charge >= 0.3 is 18.2 Å². The van der Waals surface area contributed by atoms with Gasteiger partial charge in [-0.1, -0.05) is 86.6 Å². The van der Waals surface area contributed by atoms with Crippen molar-refractivity contribution < 1.29 is 33.4 Å². The van der Waals surface area contributed by atoms with Gasteiger partial charge in [0.25, 0.3) is 5.91 Å². The van der Waals surface area contributed by atoms with E-state index >= 15 is 0 Å². The van der Waals surface area contributed by atoms with Crippen LogP contribution in [0, 0.1) is 5.92 Å². The Morgan fingerprint density at radius 1 is 0.734 bits per heavy atom. The highest BCUT2D eigenvalue weighted by Crippen LogP contribution is 2.35. The number of rotatable bonds is 15. The molecule has 17 nitrogen and oxygen atoms in total. The maximum absolute atomic E-state index is 14.0. The van der Waals surface area contributed by atoms with Crippen LogP contribution in [0.4, 0.5) is 14.4 Å². The van der Waals surface area contributed by atoms with Crippen molar-refractivity contribution in [3.8, 4) is 33.6 Å². The molecule has 2 fully saturated rings. The quantitative estimate of drug-likeness (QED) is 0.0686. The first kappa shape index (κ1) is 44.9. The second kappa shape index (κ2) is 20.3. The number of benzene rings is 3. The Bertz CT molecular complexity index is 2410. The van der Waals surface area contributed by atoms with Crippen LogP contribution in [-0.2, 0) is 32.0 Å². The van der Waals surface area contributed by atoms with Gasteiger partial charge in [-0.2, -0.15) is 0 Å². The van der Waals surface area contributed by atoms with Crippen LogP contribution in [0.3, 0.4) is 0 Å². The standard InChI is InChI=1S/C47H56N10O7/c1-5-49-46(61)52-25-30-12-10-29(11-13-30)24-39(64-45(48)60)43(58)56-22-6-8-37(56)41-50-26-35(53-41)33-18-14-31(15-19-33)32-16-20-34(21-17-32)36-27-51-42(54-36)38-9-7-23-57(38)44(59)40(28(2)3)55-47(62)63-4/h10-21,26-28,37-40H,5-9,22-25H2,1-4H3,(H2,48,60)(H,50,53)(H,51,54)(H,55,62)(H2,49,52,61)/t37-,38?,39-,40-/m0/s1. The number of carbonyl (C=O) groups is 5. The molecule has 0 spiro atoms. The molecule has 4 heterocycles. The molecule has 7 rings (SSSR count). The van der Waals surface area contributed by atoms with E-state index in [0.717, 1.165) is 64.0 Å². The van der Waals surface area contributed by atoms with E-state index in [-0.39, 0.29) is 42.3 Å². The Kier molecular flexibility index (Phi) is 14.3. The number of nitrogens with two attached hydrogens (primary N) is 1. The number of H-pyrrole nitrogens is 2. The number of aromatic nitrogens is 4. The lowest BCUT2D eigenvalue weighted by molar-refractivity contribution is -0.141. The molecule has 1 unspecified atom stereocenters. The average Bonchev–Trinajstić information content (AvgIpc) is 4.15. The van der Waals surface area contributed by atoms with Gasteiger partial charge in [0.05, 0.1) is 43.0 Å². The molecule has 7 N–H and O–H groups in total. The summed E-state index contributed by atoms with van der Waals surface area (Å²) in [6.45, 7) is 7.56. The Morgan fingerprint density at radius 3 is 1.72 bits per heavy atom. The van der Waals surface area contributed by atoms with Crippen molar-refractivity contribution >= 4 is 30.0 Å². The first-order valence-corrected chi connectivity index (χ1v) is 21.7. The van der Waals surface area contributed by atoms with E-state index in [4.69, 9.17) is 15.2 Å². The second-order valence-corrected chi connectivity index (χ2v) is 16.4. The molecule has 3 aromatic carbocycles. The Morgan fingerprint density at radius 2 is 1.23 bits per heavy atom. The number of nitrogens with one attached hydrogen (secondary N) is 5. The zero-order valence-electron chi connectivity index (χ0n) is 36.6. The fourth-order valence-electron chi connectivity index (χ4n) is 8.41. The third-order valence-electron chi connectivity index (χ3n) is 11.8. The lowest BCUT2D eigenvalue weighted by Gasteiger charge is -2.30. The normalized spacial score (nSPS) is 16.9. The van der Waals surface area contributed by atoms with Gasteiger partial charge in [0.1, 0.15) is 17.7 Å². The van der Waals surface area contributed by atoms with Crippen LogP contribution in [0.5, 0.6) is 0 Å². The molecule has 336 valence electrons. The molecule has 0 bridgehead atoms. The number of hydrogen-bond acceptors (Lipinski definition) is 9. The molecule has 2 aliphatic rings. The molecule has 2 saturated heterocycles. The van der Waals surface area contributed by atoms with Gasteiger partial charge in [-0.25, -0.2) is 24.4 Å². The van der Waals surface area contributed by atoms with Crippen LogP contribution in [0.15, 0.2) is 85.2 Å². The van der Waals surface area contributed by atoms with Crippen LogP contribution in [0.1, 0.15) is 81.3 Å². The zero-order valence-corrected chi connectivity index (χ0v) is 36.6. The number of alkyl carbamates (subject to hydrolysis) is 1. The number of hydrogen-bond donors (Lipinski definition) is 6. The summed E-state index contributed by atoms with van der Waals surface area (Å²) in [6, 6.07) is 22.2. The van der Waals surface area contributed by atoms with E-state index in [0.29, 0.717) is 44.2 Å². The van der Waals surface area contributed by atoms with Crippen LogP contribution in [-0.4, -0.2) is 98.7 Å². The molecule has 17 heteroatoms. The van der Waals surface area contributed by atoms with Crippen molar-refractivity contribution in [3.05, 3.63) is 108 Å². The number of carbonyl (C=O) groups excluding carboxylic acids is 5. The predicted octanol–water partition coefficient (Wildman–Crippen LogP) is 6.37. The topological polar surface area (TPSA) is 230 Å². The van der Waals surface area contributed by atoms with Gasteiger partial charge in [-0.05, 0) is 71.9 Å². The van der Waals surface area contributed by atoms with Crippen LogP contribution in [0.25, 0.3) is 33.6 Å². The van der Waals surface area contributed by atoms with Gasteiger partial charge in [0.15, 0.2) is 6.10 Å². The number of amides is 6. The van der Waals surface area contributed by atoms with Crippen molar-refractivity contribution in [2.45, 2.75) is 83.6 Å². The number of urea groups is 1. The maximum atomic E-state index is 14.0. The van der Waals surface area contributed by atoms with E-state index < -0.39 is 24.3 Å². The molecular weight excluding hydrogens is 817 g/mol. The van der Waals surface area contributed by atoms with Gasteiger partial charge in [0, 0.05) is 32.6 Å². The number of nitrogens with zero attached hydrogens (tertiary/aromatic N) is 4. The van der Waals surface area contributed by atoms with E-state index in [2.05, 4.69) is 48.0 Å². The van der Waals surface area contributed by atoms with Crippen molar-refractivity contribution in [1.82, 2.24) is 45.7 Å². The summed E-state index contributed by atoms with van der Waals surface area (Å²) < 4.78 is 10.1. The number of primary amides is 1. The number of aromatic amines is 2. The fraction of sp³-hybridized carbons (Fsp3) is 0.383. The minimum atomic E-state index is -1.12. The van der Waals surface area contributed by atoms with E-state index in [1.54, 1.807) is 22.2 Å². The highest BCUT2D eigenvalue weighted by atomic mass is 16.6. The first-order chi connectivity index (χ1) is 30.9. The highest BCUT2D eigenvalue weighted by Gasteiger charge is 2.39. The third-order valence-corrected chi connectivity index (χ3v) is 11.8. The van der Waals surface area contributed by atoms with Crippen LogP contribution >= 0.6 is 0 Å². The molecule has 0 saturated carbocycles. The summed E-state index contributed by atoms with van der Waals surface area (Å²) in [5.74, 6) is 0.739. The molecule has 6 amide bonds. The van der Waals surface area contributed by atoms with Gasteiger partial charge in [0.2, 0.25) is 5.91 Å². The number of methoxy groups -OCH3 is 1. The summed E-state index contributed by atoms with van der Waals surface area (Å²) in [4.78, 5) is 82.9. The van der Waals surface area contributed by atoms with Crippen molar-refractivity contribution in [2.24, 2.45) is 11.7 Å². The largest absolute Gasteiger partial charge is 0.453 e. The Balaban J connectivity index is 0.974. The summed E-state index contributed by atoms with van der Waals surface area (Å²) >= 11 is 0. The zero-order chi connectivity index (χ0) is 45.3. The van der Waals surface area contributed by atoms with Crippen molar-refractivity contribution in [3.63, 3.8) is 0 Å². The third kappa shape index (κ3) is 10.5. The Hall–Kier alpha value is -7.17. The second-order valence-electron chi connectivity index (χ2n) is 16.4. The van der Waals surface area contributed by atoms with E-state index in [9.17, 15) is 24.0 Å². The van der Waals surface area contributed by atoms with Crippen LogP contribution in [0.2, 0.25) is 0 Å². The summed E-state index contributed by atoms with van der Waals surface area (Å²) in [5.41, 5.74) is 12.7. The highest BCUT2D eigenvalue weighted by molar-refractivity contribution is 5.87. The molecule has 0 radical (unpaired) electrons. The van der Waals surface area contributed by atoms with E-state index in [1.165, 1.54) is 7.11 Å². The average molecular weight is 873 g/mol. The minimum Gasteiger partial charge on any atom is -0.453 e. The first-order valence-electron chi connectivity index (χ1n) is 21.7. The number of likely N-dealkylation sites (tertiary alicyclic amines) is 2. The molecule has 4 atom stereocenters. The molecule has 5 aromatic rings. The number of imidazole rings is 2. The number of ether oxygens (including phenoxy) is 2. The predicted molar refractivity (Wildman–Crippen MR) is 239 cm³/mol. The SMILES string of the molecule is CCNC(=O)NCc1ccc(C[C@H](OC(N)=O)C(=O)N2CCC[C@H]2c2ncc(-c3ccc(-c4ccc(-c5cnc(C6CCCN6C(=O)[C@@H](NC(=O)OC)C(C)C)[nH]5)cc4)cc3)[nH]2)cc1. The Labute approximate surface area is 371 Å². The van der Waals surface area contributed by atoms with Crippen LogP contribution < -0.4 is 21.7 Å². The summed E-state index contributed by atoms with van der Waals surface area (Å²) in [5, 5.41) is 8.16. The van der Waals surface area contributed by atoms with Crippen molar-refractivity contribution in [2.75, 3.05) is 26.7 Å². The fourth-order valence-corrected chi connectivity index (χ4v) is 8.41. The molecule has 0 aliphatic carbocycles. The molecular formula is C47H56N10O7. The van der Waals surface area contributed by atoms with E-state index in [1.807, 2.05) is 81.4 Å². The van der Waals surface area contributed by atoms with Gasteiger partial charge in [-0.15, -0.1) is 0 Å². The van der Waals surface area contributed by atoms with Gasteiger partial charge < -0.3 is 50.9 Å². The van der Waals surface area contributed by atoms with Gasteiger partial charge in [-0.3, -0.25) is 9.59 Å². The molecule has 64 heavy (non-hydrogen) atoms.